The fourth-order valence-corrected chi connectivity index (χ4v) is 1.60. The molecule has 1 saturated carbocycles. The summed E-state index contributed by atoms with van der Waals surface area (Å²) in [5.74, 6) is 1.16. The second-order valence-corrected chi connectivity index (χ2v) is 4.10. The van der Waals surface area contributed by atoms with Crippen LogP contribution in [0.1, 0.15) is 25.2 Å². The molecule has 0 bridgehead atoms. The first kappa shape index (κ1) is 10.2. The van der Waals surface area contributed by atoms with Crippen LogP contribution in [0.2, 0.25) is 0 Å². The van der Waals surface area contributed by atoms with Crippen molar-refractivity contribution in [2.24, 2.45) is 11.8 Å². The van der Waals surface area contributed by atoms with Crippen molar-refractivity contribution in [2.45, 2.75) is 19.4 Å². The van der Waals surface area contributed by atoms with E-state index in [1.54, 1.807) is 12.1 Å². The van der Waals surface area contributed by atoms with E-state index in [0.29, 0.717) is 11.7 Å². The molecule has 82 valence electrons. The molecule has 3 atom stereocenters. The van der Waals surface area contributed by atoms with E-state index in [9.17, 15) is 9.90 Å². The van der Waals surface area contributed by atoms with Crippen molar-refractivity contribution >= 4 is 5.91 Å². The Morgan fingerprint density at radius 3 is 3.07 bits per heavy atom. The first-order valence-corrected chi connectivity index (χ1v) is 5.17. The van der Waals surface area contributed by atoms with Gasteiger partial charge in [0.1, 0.15) is 11.9 Å². The van der Waals surface area contributed by atoms with Crippen molar-refractivity contribution in [3.05, 3.63) is 24.2 Å². The number of aliphatic hydroxyl groups excluding tert-OH is 1. The lowest BCUT2D eigenvalue weighted by atomic mass is 10.2. The van der Waals surface area contributed by atoms with E-state index in [1.807, 2.05) is 6.92 Å². The lowest BCUT2D eigenvalue weighted by Gasteiger charge is -2.08. The molecule has 0 spiro atoms. The van der Waals surface area contributed by atoms with Gasteiger partial charge >= 0.3 is 0 Å². The number of hydrogen-bond acceptors (Lipinski definition) is 3. The second kappa shape index (κ2) is 4.06. The highest BCUT2D eigenvalue weighted by Crippen LogP contribution is 2.37. The minimum Gasteiger partial charge on any atom is -0.467 e. The van der Waals surface area contributed by atoms with Gasteiger partial charge in [-0.05, 0) is 24.5 Å². The van der Waals surface area contributed by atoms with Crippen LogP contribution in [0.15, 0.2) is 22.8 Å². The predicted octanol–water partition coefficient (Wildman–Crippen LogP) is 1.09. The molecule has 2 rings (SSSR count). The SMILES string of the molecule is CC1CC1C(=O)NCC(O)c1ccco1. The first-order valence-electron chi connectivity index (χ1n) is 5.17. The Balaban J connectivity index is 1.76. The monoisotopic (exact) mass is 209 g/mol. The zero-order valence-corrected chi connectivity index (χ0v) is 8.64. The third-order valence-electron chi connectivity index (χ3n) is 2.79. The number of carbonyl (C=O) groups excluding carboxylic acids is 1. The van der Waals surface area contributed by atoms with Gasteiger partial charge in [-0.15, -0.1) is 0 Å². The van der Waals surface area contributed by atoms with Gasteiger partial charge in [-0.1, -0.05) is 6.92 Å². The van der Waals surface area contributed by atoms with Crippen LogP contribution in [0.5, 0.6) is 0 Å². The molecule has 1 aliphatic carbocycles. The third-order valence-corrected chi connectivity index (χ3v) is 2.79. The standard InChI is InChI=1S/C11H15NO3/c1-7-5-8(7)11(14)12-6-9(13)10-3-2-4-15-10/h2-4,7-9,13H,5-6H2,1H3,(H,12,14). The summed E-state index contributed by atoms with van der Waals surface area (Å²) in [5, 5.41) is 12.3. The Kier molecular flexibility index (Phi) is 2.77. The smallest absolute Gasteiger partial charge is 0.223 e. The fraction of sp³-hybridized carbons (Fsp3) is 0.545. The molecular formula is C11H15NO3. The van der Waals surface area contributed by atoms with E-state index >= 15 is 0 Å². The summed E-state index contributed by atoms with van der Waals surface area (Å²) in [6, 6.07) is 3.40. The molecule has 1 aromatic rings. The average molecular weight is 209 g/mol. The highest BCUT2D eigenvalue weighted by Gasteiger charge is 2.39. The average Bonchev–Trinajstić information content (AvgIpc) is 2.75. The summed E-state index contributed by atoms with van der Waals surface area (Å²) in [7, 11) is 0. The molecule has 1 amide bonds. The van der Waals surface area contributed by atoms with Gasteiger partial charge in [-0.2, -0.15) is 0 Å². The number of carbonyl (C=O) groups is 1. The summed E-state index contributed by atoms with van der Waals surface area (Å²) < 4.78 is 5.02. The minimum atomic E-state index is -0.752. The van der Waals surface area contributed by atoms with Gasteiger partial charge in [0.15, 0.2) is 0 Å². The van der Waals surface area contributed by atoms with Crippen molar-refractivity contribution in [2.75, 3.05) is 6.54 Å². The van der Waals surface area contributed by atoms with E-state index in [0.717, 1.165) is 6.42 Å². The van der Waals surface area contributed by atoms with E-state index < -0.39 is 6.10 Å². The van der Waals surface area contributed by atoms with Crippen molar-refractivity contribution in [1.29, 1.82) is 0 Å². The van der Waals surface area contributed by atoms with E-state index in [2.05, 4.69) is 5.32 Å². The van der Waals surface area contributed by atoms with Gasteiger partial charge in [-0.3, -0.25) is 4.79 Å². The van der Waals surface area contributed by atoms with Crippen molar-refractivity contribution < 1.29 is 14.3 Å². The van der Waals surface area contributed by atoms with Crippen LogP contribution in [0.25, 0.3) is 0 Å². The van der Waals surface area contributed by atoms with Crippen LogP contribution in [0.3, 0.4) is 0 Å². The maximum Gasteiger partial charge on any atom is 0.223 e. The molecule has 0 aromatic carbocycles. The first-order chi connectivity index (χ1) is 7.18. The summed E-state index contributed by atoms with van der Waals surface area (Å²) in [4.78, 5) is 11.4. The zero-order valence-electron chi connectivity index (χ0n) is 8.64. The summed E-state index contributed by atoms with van der Waals surface area (Å²) in [6.07, 6.45) is 1.71. The third kappa shape index (κ3) is 2.39. The molecular weight excluding hydrogens is 194 g/mol. The van der Waals surface area contributed by atoms with E-state index in [-0.39, 0.29) is 18.4 Å². The normalized spacial score (nSPS) is 26.0. The molecule has 1 fully saturated rings. The zero-order chi connectivity index (χ0) is 10.8. The van der Waals surface area contributed by atoms with E-state index in [4.69, 9.17) is 4.42 Å². The Bertz CT molecular complexity index is 334. The molecule has 0 aliphatic heterocycles. The molecule has 4 nitrogen and oxygen atoms in total. The molecule has 15 heavy (non-hydrogen) atoms. The largest absolute Gasteiger partial charge is 0.467 e. The van der Waals surface area contributed by atoms with E-state index in [1.165, 1.54) is 6.26 Å². The summed E-state index contributed by atoms with van der Waals surface area (Å²) in [5.41, 5.74) is 0. The number of aliphatic hydroxyl groups is 1. The second-order valence-electron chi connectivity index (χ2n) is 4.10. The summed E-state index contributed by atoms with van der Waals surface area (Å²) in [6.45, 7) is 2.27. The van der Waals surface area contributed by atoms with Crippen LogP contribution < -0.4 is 5.32 Å². The van der Waals surface area contributed by atoms with Gasteiger partial charge < -0.3 is 14.8 Å². The molecule has 2 N–H and O–H groups in total. The Labute approximate surface area is 88.3 Å². The number of rotatable bonds is 4. The maximum atomic E-state index is 11.4. The van der Waals surface area contributed by atoms with Gasteiger partial charge in [0.05, 0.1) is 12.8 Å². The quantitative estimate of drug-likeness (QED) is 0.780. The molecule has 0 radical (unpaired) electrons. The molecule has 3 unspecified atom stereocenters. The van der Waals surface area contributed by atoms with Crippen molar-refractivity contribution in [3.63, 3.8) is 0 Å². The van der Waals surface area contributed by atoms with Crippen LogP contribution >= 0.6 is 0 Å². The number of furan rings is 1. The predicted molar refractivity (Wildman–Crippen MR) is 53.9 cm³/mol. The van der Waals surface area contributed by atoms with Gasteiger partial charge in [0.2, 0.25) is 5.91 Å². The van der Waals surface area contributed by atoms with Crippen molar-refractivity contribution in [1.82, 2.24) is 5.32 Å². The van der Waals surface area contributed by atoms with Crippen LogP contribution in [-0.4, -0.2) is 17.6 Å². The Morgan fingerprint density at radius 1 is 1.80 bits per heavy atom. The highest BCUT2D eigenvalue weighted by molar-refractivity contribution is 5.81. The molecule has 4 heteroatoms. The Hall–Kier alpha value is -1.29. The molecule has 1 heterocycles. The molecule has 0 saturated heterocycles. The number of nitrogens with one attached hydrogen (secondary N) is 1. The summed E-state index contributed by atoms with van der Waals surface area (Å²) >= 11 is 0. The number of amides is 1. The lowest BCUT2D eigenvalue weighted by Crippen LogP contribution is -2.29. The molecule has 1 aromatic heterocycles. The lowest BCUT2D eigenvalue weighted by molar-refractivity contribution is -0.123. The van der Waals surface area contributed by atoms with Crippen LogP contribution in [-0.2, 0) is 4.79 Å². The highest BCUT2D eigenvalue weighted by atomic mass is 16.4. The topological polar surface area (TPSA) is 62.5 Å². The van der Waals surface area contributed by atoms with Crippen LogP contribution in [0.4, 0.5) is 0 Å². The van der Waals surface area contributed by atoms with Gasteiger partial charge in [-0.25, -0.2) is 0 Å². The van der Waals surface area contributed by atoms with Gasteiger partial charge in [0.25, 0.3) is 0 Å². The maximum absolute atomic E-state index is 11.4. The van der Waals surface area contributed by atoms with Crippen LogP contribution in [0, 0.1) is 11.8 Å². The fourth-order valence-electron chi connectivity index (χ4n) is 1.60. The van der Waals surface area contributed by atoms with Crippen molar-refractivity contribution in [3.8, 4) is 0 Å². The molecule has 1 aliphatic rings. The Morgan fingerprint density at radius 2 is 2.53 bits per heavy atom. The van der Waals surface area contributed by atoms with Gasteiger partial charge in [0, 0.05) is 5.92 Å². The number of hydrogen-bond donors (Lipinski definition) is 2. The minimum absolute atomic E-state index is 0.0353.